The lowest BCUT2D eigenvalue weighted by Crippen LogP contribution is -2.40. The van der Waals surface area contributed by atoms with Crippen molar-refractivity contribution in [3.8, 4) is 0 Å². The highest BCUT2D eigenvalue weighted by molar-refractivity contribution is 7.09. The van der Waals surface area contributed by atoms with E-state index in [2.05, 4.69) is 9.97 Å². The number of nitrogens with zero attached hydrogens (tertiary/aromatic N) is 3. The fourth-order valence-electron chi connectivity index (χ4n) is 2.50. The van der Waals surface area contributed by atoms with Crippen molar-refractivity contribution in [1.29, 1.82) is 0 Å². The van der Waals surface area contributed by atoms with Crippen molar-refractivity contribution in [1.82, 2.24) is 14.5 Å². The van der Waals surface area contributed by atoms with E-state index < -0.39 is 17.2 Å². The Morgan fingerprint density at radius 1 is 1.42 bits per heavy atom. The van der Waals surface area contributed by atoms with Crippen LogP contribution in [-0.4, -0.2) is 27.0 Å². The van der Waals surface area contributed by atoms with E-state index in [1.807, 2.05) is 19.2 Å². The number of H-pyrrole nitrogens is 1. The number of thiazole rings is 1. The van der Waals surface area contributed by atoms with Crippen LogP contribution in [-0.2, 0) is 11.3 Å². The lowest BCUT2D eigenvalue weighted by atomic mass is 10.3. The van der Waals surface area contributed by atoms with Crippen LogP contribution < -0.4 is 21.9 Å². The first kappa shape index (κ1) is 19.6. The van der Waals surface area contributed by atoms with Gasteiger partial charge in [-0.3, -0.25) is 19.1 Å². The number of likely N-dealkylation sites (N-methyl/N-ethyl adjacent to an activating group) is 1. The molecule has 140 valence electrons. The molecule has 0 unspecified atom stereocenters. The van der Waals surface area contributed by atoms with E-state index in [1.54, 1.807) is 13.0 Å². The molecule has 8 nitrogen and oxygen atoms in total. The van der Waals surface area contributed by atoms with E-state index in [4.69, 9.17) is 5.73 Å². The van der Waals surface area contributed by atoms with Crippen LogP contribution in [0.1, 0.15) is 37.4 Å². The zero-order chi connectivity index (χ0) is 19.3. The Balaban J connectivity index is 2.39. The predicted molar refractivity (Wildman–Crippen MR) is 105 cm³/mol. The highest BCUT2D eigenvalue weighted by Gasteiger charge is 2.21. The number of carbonyl (C=O) groups is 1. The third kappa shape index (κ3) is 4.29. The van der Waals surface area contributed by atoms with Gasteiger partial charge in [0.2, 0.25) is 0 Å². The van der Waals surface area contributed by atoms with Crippen LogP contribution in [0.5, 0.6) is 0 Å². The van der Waals surface area contributed by atoms with Crippen molar-refractivity contribution in [3.63, 3.8) is 0 Å². The Labute approximate surface area is 155 Å². The van der Waals surface area contributed by atoms with Crippen molar-refractivity contribution in [2.45, 2.75) is 40.2 Å². The van der Waals surface area contributed by atoms with Gasteiger partial charge >= 0.3 is 5.69 Å². The molecule has 0 aliphatic rings. The van der Waals surface area contributed by atoms with Crippen LogP contribution >= 0.6 is 11.3 Å². The molecule has 9 heteroatoms. The lowest BCUT2D eigenvalue weighted by Gasteiger charge is -2.21. The number of nitrogens with two attached hydrogens (primary N) is 1. The first-order valence-corrected chi connectivity index (χ1v) is 9.31. The van der Waals surface area contributed by atoms with Crippen LogP contribution in [0.2, 0.25) is 0 Å². The Bertz CT molecular complexity index is 925. The topological polar surface area (TPSA) is 114 Å². The maximum absolute atomic E-state index is 12.6. The number of unbranched alkanes of at least 4 members (excludes halogenated alkanes) is 1. The molecule has 0 saturated heterocycles. The molecule has 2 heterocycles. The second-order valence-electron chi connectivity index (χ2n) is 5.71. The molecule has 2 rings (SSSR count). The number of aryl methyl sites for hydroxylation is 1. The summed E-state index contributed by atoms with van der Waals surface area (Å²) in [5.41, 5.74) is 5.49. The first-order chi connectivity index (χ1) is 12.4. The third-order valence-electron chi connectivity index (χ3n) is 3.84. The summed E-state index contributed by atoms with van der Waals surface area (Å²) in [6, 6.07) is 0. The van der Waals surface area contributed by atoms with Crippen molar-refractivity contribution >= 4 is 34.8 Å². The van der Waals surface area contributed by atoms with Crippen LogP contribution in [0.25, 0.3) is 6.08 Å². The average Bonchev–Trinajstić information content (AvgIpc) is 3.01. The fourth-order valence-corrected chi connectivity index (χ4v) is 3.08. The Kier molecular flexibility index (Phi) is 6.51. The number of amides is 1. The van der Waals surface area contributed by atoms with E-state index in [1.165, 1.54) is 26.9 Å². The molecule has 1 amide bonds. The van der Waals surface area contributed by atoms with Gasteiger partial charge in [-0.05, 0) is 26.3 Å². The number of aromatic amines is 1. The number of nitrogen functional groups attached to an aromatic ring is 1. The van der Waals surface area contributed by atoms with E-state index in [0.29, 0.717) is 12.2 Å². The van der Waals surface area contributed by atoms with Gasteiger partial charge in [0.1, 0.15) is 5.82 Å². The highest BCUT2D eigenvalue weighted by atomic mass is 32.1. The van der Waals surface area contributed by atoms with Gasteiger partial charge in [-0.15, -0.1) is 11.3 Å². The Hall–Kier alpha value is -2.68. The molecule has 0 saturated carbocycles. The first-order valence-electron chi connectivity index (χ1n) is 8.43. The van der Waals surface area contributed by atoms with Crippen molar-refractivity contribution in [2.24, 2.45) is 0 Å². The van der Waals surface area contributed by atoms with Gasteiger partial charge in [0.15, 0.2) is 5.69 Å². The van der Waals surface area contributed by atoms with Crippen molar-refractivity contribution in [3.05, 3.63) is 43.0 Å². The van der Waals surface area contributed by atoms with Gasteiger partial charge in [0.05, 0.1) is 10.7 Å². The van der Waals surface area contributed by atoms with E-state index >= 15 is 0 Å². The number of carbonyl (C=O) groups excluding carboxylic acids is 1. The molecular formula is C17H23N5O3S. The average molecular weight is 377 g/mol. The summed E-state index contributed by atoms with van der Waals surface area (Å²) < 4.78 is 1.30. The van der Waals surface area contributed by atoms with Crippen LogP contribution in [0.3, 0.4) is 0 Å². The van der Waals surface area contributed by atoms with Gasteiger partial charge in [-0.1, -0.05) is 13.3 Å². The van der Waals surface area contributed by atoms with Gasteiger partial charge in [0, 0.05) is 24.5 Å². The number of rotatable bonds is 7. The molecule has 0 aliphatic carbocycles. The zero-order valence-electron chi connectivity index (χ0n) is 15.1. The van der Waals surface area contributed by atoms with Gasteiger partial charge in [-0.2, -0.15) is 0 Å². The smallest absolute Gasteiger partial charge is 0.330 e. The number of nitrogens with one attached hydrogen (secondary N) is 1. The molecule has 0 atom stereocenters. The second-order valence-corrected chi connectivity index (χ2v) is 6.77. The number of hydrogen-bond donors (Lipinski definition) is 2. The molecule has 2 aromatic rings. The predicted octanol–water partition coefficient (Wildman–Crippen LogP) is 1.75. The van der Waals surface area contributed by atoms with Crippen LogP contribution in [0.15, 0.2) is 21.0 Å². The summed E-state index contributed by atoms with van der Waals surface area (Å²) >= 11 is 1.48. The maximum Gasteiger partial charge on any atom is 0.330 e. The minimum Gasteiger partial charge on any atom is -0.383 e. The summed E-state index contributed by atoms with van der Waals surface area (Å²) in [5, 5.41) is 2.73. The molecule has 26 heavy (non-hydrogen) atoms. The number of hydrogen-bond acceptors (Lipinski definition) is 6. The summed E-state index contributed by atoms with van der Waals surface area (Å²) in [6.45, 7) is 6.21. The molecule has 0 spiro atoms. The number of anilines is 2. The van der Waals surface area contributed by atoms with Gasteiger partial charge in [-0.25, -0.2) is 9.78 Å². The van der Waals surface area contributed by atoms with Gasteiger partial charge in [0.25, 0.3) is 11.5 Å². The standard InChI is InChI=1S/C17H23N5O3S/c1-4-6-9-22-15(18)14(16(24)20-17(22)25)21(5-2)13(23)8-7-12-10-26-11(3)19-12/h7-8,10H,4-6,9,18H2,1-3H3,(H,20,24,25)/b8-7+. The Morgan fingerprint density at radius 3 is 2.73 bits per heavy atom. The maximum atomic E-state index is 12.6. The zero-order valence-corrected chi connectivity index (χ0v) is 15.9. The fraction of sp³-hybridized carbons (Fsp3) is 0.412. The molecule has 0 bridgehead atoms. The Morgan fingerprint density at radius 2 is 2.15 bits per heavy atom. The molecule has 0 aromatic carbocycles. The quantitative estimate of drug-likeness (QED) is 0.714. The van der Waals surface area contributed by atoms with E-state index in [0.717, 1.165) is 17.8 Å². The highest BCUT2D eigenvalue weighted by Crippen LogP contribution is 2.18. The largest absolute Gasteiger partial charge is 0.383 e. The molecule has 0 aliphatic heterocycles. The molecule has 3 N–H and O–H groups in total. The molecule has 0 radical (unpaired) electrons. The monoisotopic (exact) mass is 377 g/mol. The van der Waals surface area contributed by atoms with Crippen LogP contribution in [0.4, 0.5) is 11.5 Å². The molecular weight excluding hydrogens is 354 g/mol. The molecule has 0 fully saturated rings. The van der Waals surface area contributed by atoms with Gasteiger partial charge < -0.3 is 10.6 Å². The normalized spacial score (nSPS) is 11.2. The van der Waals surface area contributed by atoms with Crippen LogP contribution in [0, 0.1) is 6.92 Å². The number of aromatic nitrogens is 3. The summed E-state index contributed by atoms with van der Waals surface area (Å²) in [4.78, 5) is 44.7. The molecule has 2 aromatic heterocycles. The third-order valence-corrected chi connectivity index (χ3v) is 4.63. The van der Waals surface area contributed by atoms with E-state index in [-0.39, 0.29) is 18.1 Å². The summed E-state index contributed by atoms with van der Waals surface area (Å²) in [7, 11) is 0. The minimum absolute atomic E-state index is 0.000280. The minimum atomic E-state index is -0.673. The summed E-state index contributed by atoms with van der Waals surface area (Å²) in [6.07, 6.45) is 4.54. The lowest BCUT2D eigenvalue weighted by molar-refractivity contribution is -0.114. The van der Waals surface area contributed by atoms with E-state index in [9.17, 15) is 14.4 Å². The van der Waals surface area contributed by atoms with Crippen molar-refractivity contribution < 1.29 is 4.79 Å². The van der Waals surface area contributed by atoms with Crippen molar-refractivity contribution in [2.75, 3.05) is 17.2 Å². The summed E-state index contributed by atoms with van der Waals surface area (Å²) in [5.74, 6) is -0.406. The SMILES string of the molecule is CCCCn1c(N)c(N(CC)C(=O)/C=C/c2csc(C)n2)c(=O)[nH]c1=O. The second kappa shape index (κ2) is 8.61.